The Labute approximate surface area is 146 Å². The van der Waals surface area contributed by atoms with E-state index in [9.17, 15) is 0 Å². The van der Waals surface area contributed by atoms with Crippen molar-refractivity contribution in [2.24, 2.45) is 0 Å². The van der Waals surface area contributed by atoms with Gasteiger partial charge in [-0.2, -0.15) is 0 Å². The van der Waals surface area contributed by atoms with Gasteiger partial charge in [-0.15, -0.1) is 0 Å². The first-order valence-electron chi connectivity index (χ1n) is 7.32. The molecule has 3 rings (SSSR count). The van der Waals surface area contributed by atoms with Crippen LogP contribution in [0.3, 0.4) is 0 Å². The zero-order valence-corrected chi connectivity index (χ0v) is 14.4. The Morgan fingerprint density at radius 2 is 1.83 bits per heavy atom. The molecule has 0 unspecified atom stereocenters. The first kappa shape index (κ1) is 16.1. The molecular formula is C17H18ClN3OS. The molecule has 1 saturated heterocycles. The van der Waals surface area contributed by atoms with E-state index in [-0.39, 0.29) is 0 Å². The van der Waals surface area contributed by atoms with E-state index in [1.165, 1.54) is 5.56 Å². The number of hydrogen-bond acceptors (Lipinski definition) is 3. The van der Waals surface area contributed by atoms with Gasteiger partial charge in [0.15, 0.2) is 5.11 Å². The van der Waals surface area contributed by atoms with Crippen molar-refractivity contribution in [3.05, 3.63) is 59.1 Å². The zero-order chi connectivity index (χ0) is 16.2. The third-order valence-corrected chi connectivity index (χ3v) is 4.36. The van der Waals surface area contributed by atoms with Crippen molar-refractivity contribution in [1.82, 2.24) is 10.2 Å². The summed E-state index contributed by atoms with van der Waals surface area (Å²) in [7, 11) is 1.68. The number of ether oxygens (including phenoxy) is 1. The lowest BCUT2D eigenvalue weighted by Crippen LogP contribution is -2.55. The molecule has 0 amide bonds. The fourth-order valence-corrected chi connectivity index (χ4v) is 2.86. The summed E-state index contributed by atoms with van der Waals surface area (Å²) in [4.78, 5) is 4.35. The molecule has 0 aromatic heterocycles. The van der Waals surface area contributed by atoms with Gasteiger partial charge in [0, 0.05) is 17.3 Å². The van der Waals surface area contributed by atoms with Crippen LogP contribution in [0.25, 0.3) is 0 Å². The van der Waals surface area contributed by atoms with E-state index < -0.39 is 0 Å². The van der Waals surface area contributed by atoms with Crippen molar-refractivity contribution in [2.45, 2.75) is 6.54 Å². The third-order valence-electron chi connectivity index (χ3n) is 3.74. The maximum Gasteiger partial charge on any atom is 0.175 e. The molecule has 6 heteroatoms. The predicted octanol–water partition coefficient (Wildman–Crippen LogP) is 3.46. The lowest BCUT2D eigenvalue weighted by molar-refractivity contribution is 0.252. The molecular weight excluding hydrogens is 330 g/mol. The molecule has 1 aliphatic rings. The van der Waals surface area contributed by atoms with Gasteiger partial charge in [0.05, 0.1) is 20.4 Å². The van der Waals surface area contributed by atoms with E-state index in [2.05, 4.69) is 27.2 Å². The summed E-state index contributed by atoms with van der Waals surface area (Å²) in [5.41, 5.74) is 2.27. The molecule has 1 heterocycles. The monoisotopic (exact) mass is 347 g/mol. The van der Waals surface area contributed by atoms with Crippen LogP contribution in [0.15, 0.2) is 48.5 Å². The van der Waals surface area contributed by atoms with Crippen LogP contribution in [0.2, 0.25) is 5.02 Å². The van der Waals surface area contributed by atoms with Gasteiger partial charge in [-0.3, -0.25) is 4.90 Å². The minimum Gasteiger partial charge on any atom is -0.497 e. The molecule has 0 aliphatic carbocycles. The minimum absolute atomic E-state index is 0.722. The number of hydrogen-bond donors (Lipinski definition) is 1. The molecule has 2 aromatic carbocycles. The third kappa shape index (κ3) is 3.93. The van der Waals surface area contributed by atoms with Gasteiger partial charge in [-0.25, -0.2) is 0 Å². The molecule has 0 atom stereocenters. The molecule has 1 fully saturated rings. The van der Waals surface area contributed by atoms with Crippen LogP contribution in [0.4, 0.5) is 5.69 Å². The zero-order valence-electron chi connectivity index (χ0n) is 12.8. The van der Waals surface area contributed by atoms with Crippen LogP contribution >= 0.6 is 23.8 Å². The SMILES string of the molecule is COc1ccc(CN2CNC(=S)N(c3ccc(Cl)cc3)C2)cc1. The van der Waals surface area contributed by atoms with E-state index in [0.29, 0.717) is 0 Å². The first-order chi connectivity index (χ1) is 11.2. The molecule has 1 aliphatic heterocycles. The highest BCUT2D eigenvalue weighted by molar-refractivity contribution is 7.80. The van der Waals surface area contributed by atoms with Crippen LogP contribution in [0, 0.1) is 0 Å². The summed E-state index contributed by atoms with van der Waals surface area (Å²) >= 11 is 11.4. The molecule has 0 radical (unpaired) electrons. The highest BCUT2D eigenvalue weighted by Gasteiger charge is 2.21. The number of nitrogens with zero attached hydrogens (tertiary/aromatic N) is 2. The van der Waals surface area contributed by atoms with Crippen LogP contribution in [0.5, 0.6) is 5.75 Å². The van der Waals surface area contributed by atoms with Gasteiger partial charge in [0.25, 0.3) is 0 Å². The summed E-state index contributed by atoms with van der Waals surface area (Å²) in [5.74, 6) is 0.870. The smallest absolute Gasteiger partial charge is 0.175 e. The van der Waals surface area contributed by atoms with E-state index in [1.54, 1.807) is 7.11 Å². The maximum atomic E-state index is 5.96. The average Bonchev–Trinajstić information content (AvgIpc) is 2.58. The Hall–Kier alpha value is -1.82. The standard InChI is InChI=1S/C17H18ClN3OS/c1-22-16-8-2-13(3-9-16)10-20-11-19-17(23)21(12-20)15-6-4-14(18)5-7-15/h2-9H,10-12H2,1H3,(H,19,23). The maximum absolute atomic E-state index is 5.96. The number of nitrogens with one attached hydrogen (secondary N) is 1. The second kappa shape index (κ2) is 7.17. The molecule has 1 N–H and O–H groups in total. The van der Waals surface area contributed by atoms with Gasteiger partial charge in [-0.1, -0.05) is 23.7 Å². The van der Waals surface area contributed by atoms with E-state index >= 15 is 0 Å². The Kier molecular flexibility index (Phi) is 5.00. The average molecular weight is 348 g/mol. The summed E-state index contributed by atoms with van der Waals surface area (Å²) in [5, 5.41) is 4.72. The van der Waals surface area contributed by atoms with Crippen LogP contribution in [-0.2, 0) is 6.54 Å². The fourth-order valence-electron chi connectivity index (χ4n) is 2.50. The van der Waals surface area contributed by atoms with Crippen LogP contribution in [-0.4, -0.2) is 30.5 Å². The molecule has 4 nitrogen and oxygen atoms in total. The molecule has 0 saturated carbocycles. The van der Waals surface area contributed by atoms with Crippen molar-refractivity contribution in [2.75, 3.05) is 25.3 Å². The summed E-state index contributed by atoms with van der Waals surface area (Å²) in [6, 6.07) is 15.8. The number of benzene rings is 2. The van der Waals surface area contributed by atoms with Crippen molar-refractivity contribution in [1.29, 1.82) is 0 Å². The highest BCUT2D eigenvalue weighted by atomic mass is 35.5. The lowest BCUT2D eigenvalue weighted by atomic mass is 10.2. The highest BCUT2D eigenvalue weighted by Crippen LogP contribution is 2.21. The van der Waals surface area contributed by atoms with Gasteiger partial charge >= 0.3 is 0 Å². The molecule has 120 valence electrons. The second-order valence-corrected chi connectivity index (χ2v) is 6.19. The number of rotatable bonds is 4. The summed E-state index contributed by atoms with van der Waals surface area (Å²) < 4.78 is 5.20. The Morgan fingerprint density at radius 3 is 2.48 bits per heavy atom. The number of halogens is 1. The predicted molar refractivity (Wildman–Crippen MR) is 97.9 cm³/mol. The Balaban J connectivity index is 1.69. The van der Waals surface area contributed by atoms with E-state index in [0.717, 1.165) is 41.5 Å². The minimum atomic E-state index is 0.722. The molecule has 0 spiro atoms. The van der Waals surface area contributed by atoms with Gasteiger partial charge < -0.3 is 15.0 Å². The van der Waals surface area contributed by atoms with Gasteiger partial charge in [0.1, 0.15) is 5.75 Å². The second-order valence-electron chi connectivity index (χ2n) is 5.36. The van der Waals surface area contributed by atoms with Gasteiger partial charge in [0.2, 0.25) is 0 Å². The van der Waals surface area contributed by atoms with Crippen molar-refractivity contribution in [3.63, 3.8) is 0 Å². The lowest BCUT2D eigenvalue weighted by Gasteiger charge is -2.38. The Bertz CT molecular complexity index is 675. The normalized spacial score (nSPS) is 15.4. The molecule has 0 bridgehead atoms. The van der Waals surface area contributed by atoms with Crippen molar-refractivity contribution < 1.29 is 4.74 Å². The first-order valence-corrected chi connectivity index (χ1v) is 8.10. The molecule has 2 aromatic rings. The van der Waals surface area contributed by atoms with Gasteiger partial charge in [-0.05, 0) is 54.2 Å². The van der Waals surface area contributed by atoms with E-state index in [4.69, 9.17) is 28.6 Å². The number of anilines is 1. The summed E-state index contributed by atoms with van der Waals surface area (Å²) in [6.07, 6.45) is 0. The summed E-state index contributed by atoms with van der Waals surface area (Å²) in [6.45, 7) is 2.30. The van der Waals surface area contributed by atoms with Crippen LogP contribution in [0.1, 0.15) is 5.56 Å². The van der Waals surface area contributed by atoms with Crippen LogP contribution < -0.4 is 15.0 Å². The largest absolute Gasteiger partial charge is 0.497 e. The number of thiocarbonyl (C=S) groups is 1. The fraction of sp³-hybridized carbons (Fsp3) is 0.235. The molecule has 23 heavy (non-hydrogen) atoms. The number of methoxy groups -OCH3 is 1. The quantitative estimate of drug-likeness (QED) is 0.855. The van der Waals surface area contributed by atoms with Crippen molar-refractivity contribution >= 4 is 34.6 Å². The van der Waals surface area contributed by atoms with Crippen molar-refractivity contribution in [3.8, 4) is 5.75 Å². The van der Waals surface area contributed by atoms with E-state index in [1.807, 2.05) is 36.4 Å². The topological polar surface area (TPSA) is 27.7 Å². The Morgan fingerprint density at radius 1 is 1.13 bits per heavy atom.